The molecule has 1 aromatic rings. The molecule has 0 atom stereocenters. The highest BCUT2D eigenvalue weighted by Crippen LogP contribution is 2.24. The minimum atomic E-state index is -2.64. The van der Waals surface area contributed by atoms with Crippen LogP contribution in [0.1, 0.15) is 17.7 Å². The number of ether oxygens (including phenoxy) is 1. The van der Waals surface area contributed by atoms with Gasteiger partial charge in [0, 0.05) is 3.57 Å². The van der Waals surface area contributed by atoms with Crippen LogP contribution in [0.4, 0.5) is 8.78 Å². The normalized spacial score (nSPS) is 10.6. The quantitative estimate of drug-likeness (QED) is 0.402. The number of alkyl halides is 2. The highest BCUT2D eigenvalue weighted by atomic mass is 127. The first-order chi connectivity index (χ1) is 7.45. The van der Waals surface area contributed by atoms with Crippen LogP contribution in [-0.2, 0) is 16.0 Å². The zero-order chi connectivity index (χ0) is 12.3. The number of esters is 1. The lowest BCUT2D eigenvalue weighted by Gasteiger charge is -2.08. The molecule has 0 spiro atoms. The minimum absolute atomic E-state index is 0.0208. The van der Waals surface area contributed by atoms with Gasteiger partial charge in [-0.25, -0.2) is 13.8 Å². The van der Waals surface area contributed by atoms with Crippen molar-refractivity contribution in [1.82, 2.24) is 4.98 Å². The Balaban J connectivity index is 3.11. The molecule has 3 nitrogen and oxygen atoms in total. The van der Waals surface area contributed by atoms with E-state index in [1.165, 1.54) is 13.2 Å². The molecule has 0 N–H and O–H groups in total. The van der Waals surface area contributed by atoms with E-state index in [-0.39, 0.29) is 12.1 Å². The first-order valence-corrected chi connectivity index (χ1v) is 6.31. The zero-order valence-electron chi connectivity index (χ0n) is 8.14. The van der Waals surface area contributed by atoms with Crippen molar-refractivity contribution in [2.75, 3.05) is 7.11 Å². The van der Waals surface area contributed by atoms with Crippen LogP contribution in [0.3, 0.4) is 0 Å². The fourth-order valence-corrected chi connectivity index (χ4v) is 2.13. The van der Waals surface area contributed by atoms with Crippen molar-refractivity contribution in [3.05, 3.63) is 24.6 Å². The lowest BCUT2D eigenvalue weighted by Crippen LogP contribution is -2.09. The summed E-state index contributed by atoms with van der Waals surface area (Å²) in [5, 5.41) is 0. The predicted molar refractivity (Wildman–Crippen MR) is 70.3 cm³/mol. The molecule has 0 radical (unpaired) electrons. The van der Waals surface area contributed by atoms with E-state index in [0.29, 0.717) is 12.8 Å². The topological polar surface area (TPSA) is 39.2 Å². The molecule has 7 heteroatoms. The molecule has 0 aliphatic rings. The number of methoxy groups -OCH3 is 1. The Labute approximate surface area is 118 Å². The summed E-state index contributed by atoms with van der Waals surface area (Å²) in [5.74, 6) is -0.458. The molecule has 1 heterocycles. The van der Waals surface area contributed by atoms with Crippen LogP contribution >= 0.6 is 45.2 Å². The first-order valence-electron chi connectivity index (χ1n) is 4.15. The smallest absolute Gasteiger partial charge is 0.310 e. The third kappa shape index (κ3) is 3.47. The number of hydrogen-bond donors (Lipinski definition) is 0. The number of nitrogens with zero attached hydrogens (tertiary/aromatic N) is 1. The van der Waals surface area contributed by atoms with Crippen molar-refractivity contribution >= 4 is 51.2 Å². The van der Waals surface area contributed by atoms with E-state index in [4.69, 9.17) is 0 Å². The van der Waals surface area contributed by atoms with E-state index < -0.39 is 12.4 Å². The summed E-state index contributed by atoms with van der Waals surface area (Å²) in [4.78, 5) is 14.8. The fraction of sp³-hybridized carbons (Fsp3) is 0.333. The molecule has 0 aliphatic heterocycles. The zero-order valence-corrected chi connectivity index (χ0v) is 12.5. The van der Waals surface area contributed by atoms with Crippen LogP contribution in [0.15, 0.2) is 6.07 Å². The van der Waals surface area contributed by atoms with E-state index in [1.807, 2.05) is 45.2 Å². The highest BCUT2D eigenvalue weighted by molar-refractivity contribution is 14.1. The van der Waals surface area contributed by atoms with Crippen LogP contribution in [-0.4, -0.2) is 18.1 Å². The molecule has 0 amide bonds. The number of hydrogen-bond acceptors (Lipinski definition) is 3. The molecule has 0 bridgehead atoms. The first kappa shape index (κ1) is 14.0. The maximum atomic E-state index is 12.5. The number of aromatic nitrogens is 1. The van der Waals surface area contributed by atoms with Crippen molar-refractivity contribution in [2.24, 2.45) is 0 Å². The fourth-order valence-electron chi connectivity index (χ4n) is 1.04. The molecule has 88 valence electrons. The standard InChI is InChI=1S/C9H7F2I2NO2/c1-16-6(15)3-4-2-5(8(10)11)14-9(13)7(4)12/h2,8H,3H2,1H3. The molecular weight excluding hydrogens is 446 g/mol. The van der Waals surface area contributed by atoms with Gasteiger partial charge in [0.25, 0.3) is 6.43 Å². The molecule has 0 fully saturated rings. The average Bonchev–Trinajstić information content (AvgIpc) is 2.23. The summed E-state index contributed by atoms with van der Waals surface area (Å²) in [5.41, 5.74) is 0.200. The highest BCUT2D eigenvalue weighted by Gasteiger charge is 2.16. The largest absolute Gasteiger partial charge is 0.469 e. The van der Waals surface area contributed by atoms with Gasteiger partial charge in [0.1, 0.15) is 9.39 Å². The average molecular weight is 453 g/mol. The van der Waals surface area contributed by atoms with Crippen LogP contribution in [0.2, 0.25) is 0 Å². The van der Waals surface area contributed by atoms with E-state index in [0.717, 1.165) is 0 Å². The van der Waals surface area contributed by atoms with Gasteiger partial charge >= 0.3 is 5.97 Å². The second-order valence-electron chi connectivity index (χ2n) is 2.86. The number of rotatable bonds is 3. The minimum Gasteiger partial charge on any atom is -0.469 e. The van der Waals surface area contributed by atoms with Gasteiger partial charge in [0.2, 0.25) is 0 Å². The molecule has 0 aromatic carbocycles. The molecular formula is C9H7F2I2NO2. The second-order valence-corrected chi connectivity index (χ2v) is 4.97. The molecule has 1 rings (SSSR count). The Bertz CT molecular complexity index is 413. The second kappa shape index (κ2) is 6.03. The van der Waals surface area contributed by atoms with Crippen LogP contribution in [0.25, 0.3) is 0 Å². The van der Waals surface area contributed by atoms with Gasteiger partial charge in [-0.1, -0.05) is 0 Å². The van der Waals surface area contributed by atoms with Crippen molar-refractivity contribution in [3.63, 3.8) is 0 Å². The summed E-state index contributed by atoms with van der Waals surface area (Å²) in [6.45, 7) is 0. The number of halogens is 4. The van der Waals surface area contributed by atoms with Crippen LogP contribution < -0.4 is 0 Å². The number of carbonyl (C=O) groups excluding carboxylic acids is 1. The summed E-state index contributed by atoms with van der Waals surface area (Å²) in [6, 6.07) is 1.24. The number of carbonyl (C=O) groups is 1. The Morgan fingerprint density at radius 3 is 2.69 bits per heavy atom. The molecule has 0 saturated carbocycles. The van der Waals surface area contributed by atoms with Gasteiger partial charge < -0.3 is 4.74 Å². The van der Waals surface area contributed by atoms with Gasteiger partial charge in [0.05, 0.1) is 13.5 Å². The maximum Gasteiger partial charge on any atom is 0.310 e. The Morgan fingerprint density at radius 1 is 1.56 bits per heavy atom. The van der Waals surface area contributed by atoms with E-state index in [2.05, 4.69) is 9.72 Å². The summed E-state index contributed by atoms with van der Waals surface area (Å²) in [6.07, 6.45) is -2.66. The van der Waals surface area contributed by atoms with Gasteiger partial charge in [-0.2, -0.15) is 0 Å². The lowest BCUT2D eigenvalue weighted by atomic mass is 10.2. The molecule has 0 saturated heterocycles. The van der Waals surface area contributed by atoms with Gasteiger partial charge in [-0.15, -0.1) is 0 Å². The van der Waals surface area contributed by atoms with Gasteiger partial charge in [-0.3, -0.25) is 4.79 Å². The SMILES string of the molecule is COC(=O)Cc1cc(C(F)F)nc(I)c1I. The van der Waals surface area contributed by atoms with Crippen molar-refractivity contribution < 1.29 is 18.3 Å². The summed E-state index contributed by atoms with van der Waals surface area (Å²) >= 11 is 3.84. The number of pyridine rings is 1. The lowest BCUT2D eigenvalue weighted by molar-refractivity contribution is -0.139. The molecule has 16 heavy (non-hydrogen) atoms. The third-order valence-corrected chi connectivity index (χ3v) is 4.81. The van der Waals surface area contributed by atoms with E-state index in [1.54, 1.807) is 0 Å². The third-order valence-electron chi connectivity index (χ3n) is 1.80. The van der Waals surface area contributed by atoms with Crippen LogP contribution in [0, 0.1) is 7.27 Å². The predicted octanol–water partition coefficient (Wildman–Crippen LogP) is 2.94. The van der Waals surface area contributed by atoms with E-state index in [9.17, 15) is 13.6 Å². The van der Waals surface area contributed by atoms with Gasteiger partial charge in [0.15, 0.2) is 0 Å². The molecule has 0 unspecified atom stereocenters. The molecule has 0 aliphatic carbocycles. The maximum absolute atomic E-state index is 12.5. The monoisotopic (exact) mass is 453 g/mol. The summed E-state index contributed by atoms with van der Waals surface area (Å²) in [7, 11) is 1.26. The Morgan fingerprint density at radius 2 is 2.19 bits per heavy atom. The Hall–Kier alpha value is -0.0600. The van der Waals surface area contributed by atoms with Crippen molar-refractivity contribution in [2.45, 2.75) is 12.8 Å². The van der Waals surface area contributed by atoms with Crippen LogP contribution in [0.5, 0.6) is 0 Å². The van der Waals surface area contributed by atoms with Crippen molar-refractivity contribution in [3.8, 4) is 0 Å². The van der Waals surface area contributed by atoms with Gasteiger partial charge in [-0.05, 0) is 56.8 Å². The molecule has 1 aromatic heterocycles. The summed E-state index contributed by atoms with van der Waals surface area (Å²) < 4.78 is 30.7. The van der Waals surface area contributed by atoms with Crippen molar-refractivity contribution in [1.29, 1.82) is 0 Å². The Kier molecular flexibility index (Phi) is 5.28. The van der Waals surface area contributed by atoms with E-state index >= 15 is 0 Å².